The fourth-order valence-electron chi connectivity index (χ4n) is 1.71. The maximum Gasteiger partial charge on any atom is 0.243 e. The van der Waals surface area contributed by atoms with Crippen LogP contribution in [0, 0.1) is 0 Å². The number of aliphatic imine (C=N–C) groups is 1. The van der Waals surface area contributed by atoms with E-state index >= 15 is 0 Å². The Hall–Kier alpha value is -2.11. The summed E-state index contributed by atoms with van der Waals surface area (Å²) in [6.07, 6.45) is 1.27. The van der Waals surface area contributed by atoms with Crippen LogP contribution < -0.4 is 10.6 Å². The number of nitrogens with one attached hydrogen (secondary N) is 2. The molecule has 22 heavy (non-hydrogen) atoms. The van der Waals surface area contributed by atoms with Crippen molar-refractivity contribution in [3.63, 3.8) is 0 Å². The highest BCUT2D eigenvalue weighted by molar-refractivity contribution is 5.84. The molecule has 1 amide bonds. The number of likely N-dealkylation sites (N-methyl/N-ethyl adjacent to an activating group) is 1. The number of benzene rings is 1. The van der Waals surface area contributed by atoms with Gasteiger partial charge >= 0.3 is 0 Å². The first-order chi connectivity index (χ1) is 10.6. The SMILES string of the molecule is CN(C)C(=O)CN=C(NCCCF)NCCc1ccccc1. The Bertz CT molecular complexity index is 462. The van der Waals surface area contributed by atoms with Crippen molar-refractivity contribution in [2.75, 3.05) is 40.4 Å². The van der Waals surface area contributed by atoms with E-state index < -0.39 is 0 Å². The standard InChI is InChI=1S/C16H25FN4O/c1-21(2)15(22)13-20-16(18-11-6-10-17)19-12-9-14-7-4-3-5-8-14/h3-5,7-8H,6,9-13H2,1-2H3,(H2,18,19,20). The van der Waals surface area contributed by atoms with Crippen LogP contribution in [0.25, 0.3) is 0 Å². The summed E-state index contributed by atoms with van der Waals surface area (Å²) in [5.74, 6) is 0.467. The van der Waals surface area contributed by atoms with Crippen molar-refractivity contribution in [2.24, 2.45) is 4.99 Å². The van der Waals surface area contributed by atoms with Crippen LogP contribution >= 0.6 is 0 Å². The third kappa shape index (κ3) is 7.61. The van der Waals surface area contributed by atoms with Crippen molar-refractivity contribution >= 4 is 11.9 Å². The molecular weight excluding hydrogens is 283 g/mol. The van der Waals surface area contributed by atoms with Gasteiger partial charge in [0.05, 0.1) is 6.67 Å². The summed E-state index contributed by atoms with van der Waals surface area (Å²) in [6, 6.07) is 10.1. The molecule has 5 nitrogen and oxygen atoms in total. The maximum atomic E-state index is 12.2. The van der Waals surface area contributed by atoms with E-state index in [1.807, 2.05) is 18.2 Å². The molecule has 1 rings (SSSR count). The van der Waals surface area contributed by atoms with E-state index in [4.69, 9.17) is 0 Å². The molecule has 0 unspecified atom stereocenters. The molecule has 0 atom stereocenters. The number of carbonyl (C=O) groups excluding carboxylic acids is 1. The quantitative estimate of drug-likeness (QED) is 0.431. The lowest BCUT2D eigenvalue weighted by Gasteiger charge is -2.13. The number of rotatable bonds is 8. The zero-order valence-electron chi connectivity index (χ0n) is 13.3. The predicted octanol–water partition coefficient (Wildman–Crippen LogP) is 1.21. The van der Waals surface area contributed by atoms with Gasteiger partial charge < -0.3 is 15.5 Å². The number of amides is 1. The van der Waals surface area contributed by atoms with E-state index in [-0.39, 0.29) is 19.1 Å². The molecule has 0 aliphatic carbocycles. The van der Waals surface area contributed by atoms with Gasteiger partial charge in [-0.3, -0.25) is 9.18 Å². The van der Waals surface area contributed by atoms with Crippen LogP contribution in [0.1, 0.15) is 12.0 Å². The Kier molecular flexibility index (Phi) is 8.64. The fourth-order valence-corrected chi connectivity index (χ4v) is 1.71. The first-order valence-electron chi connectivity index (χ1n) is 7.45. The highest BCUT2D eigenvalue weighted by Crippen LogP contribution is 1.98. The molecule has 1 aromatic rings. The van der Waals surface area contributed by atoms with E-state index in [2.05, 4.69) is 27.8 Å². The maximum absolute atomic E-state index is 12.2. The lowest BCUT2D eigenvalue weighted by Crippen LogP contribution is -2.40. The second kappa shape index (κ2) is 10.6. The number of halogens is 1. The van der Waals surface area contributed by atoms with Crippen LogP contribution in [0.5, 0.6) is 0 Å². The van der Waals surface area contributed by atoms with Crippen molar-refractivity contribution < 1.29 is 9.18 Å². The molecule has 0 aliphatic heterocycles. The van der Waals surface area contributed by atoms with Gasteiger partial charge in [-0.1, -0.05) is 30.3 Å². The summed E-state index contributed by atoms with van der Waals surface area (Å²) >= 11 is 0. The first kappa shape index (κ1) is 17.9. The number of guanidine groups is 1. The van der Waals surface area contributed by atoms with E-state index in [9.17, 15) is 9.18 Å². The second-order valence-electron chi connectivity index (χ2n) is 5.08. The van der Waals surface area contributed by atoms with Gasteiger partial charge in [0.15, 0.2) is 5.96 Å². The summed E-state index contributed by atoms with van der Waals surface area (Å²) in [4.78, 5) is 17.3. The lowest BCUT2D eigenvalue weighted by molar-refractivity contribution is -0.127. The lowest BCUT2D eigenvalue weighted by atomic mass is 10.1. The van der Waals surface area contributed by atoms with Crippen molar-refractivity contribution in [1.82, 2.24) is 15.5 Å². The van der Waals surface area contributed by atoms with Gasteiger partial charge in [-0.2, -0.15) is 0 Å². The van der Waals surface area contributed by atoms with E-state index in [1.54, 1.807) is 14.1 Å². The van der Waals surface area contributed by atoms with Crippen molar-refractivity contribution in [1.29, 1.82) is 0 Å². The van der Waals surface area contributed by atoms with E-state index in [1.165, 1.54) is 10.5 Å². The average molecular weight is 308 g/mol. The minimum Gasteiger partial charge on any atom is -0.356 e. The molecule has 1 aromatic carbocycles. The zero-order valence-corrected chi connectivity index (χ0v) is 13.3. The minimum absolute atomic E-state index is 0.0727. The molecule has 6 heteroatoms. The van der Waals surface area contributed by atoms with Crippen LogP contribution in [0.4, 0.5) is 4.39 Å². The molecule has 0 aromatic heterocycles. The summed E-state index contributed by atoms with van der Waals surface area (Å²) in [5.41, 5.74) is 1.22. The Morgan fingerprint density at radius 3 is 2.50 bits per heavy atom. The minimum atomic E-state index is -0.374. The first-order valence-corrected chi connectivity index (χ1v) is 7.45. The summed E-state index contributed by atoms with van der Waals surface area (Å²) in [5, 5.41) is 6.20. The molecular formula is C16H25FN4O. The topological polar surface area (TPSA) is 56.7 Å². The summed E-state index contributed by atoms with van der Waals surface area (Å²) in [6.45, 7) is 0.885. The molecule has 0 heterocycles. The van der Waals surface area contributed by atoms with Crippen LogP contribution in [0.2, 0.25) is 0 Å². The summed E-state index contributed by atoms with van der Waals surface area (Å²) in [7, 11) is 3.38. The van der Waals surface area contributed by atoms with Crippen LogP contribution in [0.15, 0.2) is 35.3 Å². The Morgan fingerprint density at radius 1 is 1.18 bits per heavy atom. The fraction of sp³-hybridized carbons (Fsp3) is 0.500. The molecule has 122 valence electrons. The monoisotopic (exact) mass is 308 g/mol. The van der Waals surface area contributed by atoms with E-state index in [0.29, 0.717) is 25.5 Å². The van der Waals surface area contributed by atoms with E-state index in [0.717, 1.165) is 6.42 Å². The van der Waals surface area contributed by atoms with Crippen LogP contribution in [-0.2, 0) is 11.2 Å². The number of carbonyl (C=O) groups is 1. The number of nitrogens with zero attached hydrogens (tertiary/aromatic N) is 2. The third-order valence-electron chi connectivity index (χ3n) is 3.02. The van der Waals surface area contributed by atoms with Gasteiger partial charge in [0, 0.05) is 27.2 Å². The molecule has 0 radical (unpaired) electrons. The summed E-state index contributed by atoms with van der Waals surface area (Å²) < 4.78 is 12.2. The molecule has 0 saturated heterocycles. The van der Waals surface area contributed by atoms with Crippen LogP contribution in [0.3, 0.4) is 0 Å². The Balaban J connectivity index is 2.46. The number of hydrogen-bond donors (Lipinski definition) is 2. The highest BCUT2D eigenvalue weighted by Gasteiger charge is 2.04. The predicted molar refractivity (Wildman–Crippen MR) is 87.7 cm³/mol. The van der Waals surface area contributed by atoms with Gasteiger partial charge in [0.25, 0.3) is 0 Å². The van der Waals surface area contributed by atoms with Gasteiger partial charge in [-0.05, 0) is 18.4 Å². The molecule has 0 spiro atoms. The molecule has 0 bridgehead atoms. The molecule has 0 aliphatic rings. The highest BCUT2D eigenvalue weighted by atomic mass is 19.1. The molecule has 0 saturated carbocycles. The Labute approximate surface area is 131 Å². The molecule has 0 fully saturated rings. The largest absolute Gasteiger partial charge is 0.356 e. The third-order valence-corrected chi connectivity index (χ3v) is 3.02. The normalized spacial score (nSPS) is 11.1. The van der Waals surface area contributed by atoms with Gasteiger partial charge in [0.2, 0.25) is 5.91 Å². The zero-order chi connectivity index (χ0) is 16.2. The number of alkyl halides is 1. The van der Waals surface area contributed by atoms with Crippen molar-refractivity contribution in [3.05, 3.63) is 35.9 Å². The number of hydrogen-bond acceptors (Lipinski definition) is 2. The van der Waals surface area contributed by atoms with Crippen molar-refractivity contribution in [2.45, 2.75) is 12.8 Å². The van der Waals surface area contributed by atoms with Gasteiger partial charge in [-0.15, -0.1) is 0 Å². The average Bonchev–Trinajstić information content (AvgIpc) is 2.52. The van der Waals surface area contributed by atoms with Crippen LogP contribution in [-0.4, -0.2) is 57.2 Å². The Morgan fingerprint density at radius 2 is 1.86 bits per heavy atom. The van der Waals surface area contributed by atoms with Gasteiger partial charge in [-0.25, -0.2) is 4.99 Å². The molecule has 2 N–H and O–H groups in total. The van der Waals surface area contributed by atoms with Crippen molar-refractivity contribution in [3.8, 4) is 0 Å². The van der Waals surface area contributed by atoms with Gasteiger partial charge in [0.1, 0.15) is 6.54 Å². The second-order valence-corrected chi connectivity index (χ2v) is 5.08. The smallest absolute Gasteiger partial charge is 0.243 e.